The van der Waals surface area contributed by atoms with Crippen LogP contribution in [0, 0.1) is 0 Å². The van der Waals surface area contributed by atoms with E-state index in [9.17, 15) is 28.8 Å². The third kappa shape index (κ3) is 12.4. The van der Waals surface area contributed by atoms with Crippen LogP contribution in [0.2, 0.25) is 0 Å². The maximum atomic E-state index is 12.8. The van der Waals surface area contributed by atoms with Gasteiger partial charge in [-0.25, -0.2) is 4.79 Å². The number of aliphatic imine (C=N–C) groups is 1. The summed E-state index contributed by atoms with van der Waals surface area (Å²) >= 11 is 3.90. The highest BCUT2D eigenvalue weighted by molar-refractivity contribution is 7.80. The van der Waals surface area contributed by atoms with Gasteiger partial charge in [0.1, 0.15) is 18.1 Å². The number of carboxylic acids is 2. The van der Waals surface area contributed by atoms with E-state index in [0.717, 1.165) is 0 Å². The molecule has 0 heterocycles. The normalized spacial score (nSPS) is 13.9. The quantitative estimate of drug-likeness (QED) is 0.0410. The van der Waals surface area contributed by atoms with Crippen LogP contribution in [0.5, 0.6) is 0 Å². The molecule has 4 unspecified atom stereocenters. The van der Waals surface area contributed by atoms with Crippen molar-refractivity contribution in [3.8, 4) is 0 Å². The van der Waals surface area contributed by atoms with Gasteiger partial charge in [0, 0.05) is 12.3 Å². The summed E-state index contributed by atoms with van der Waals surface area (Å²) in [7, 11) is 0. The number of hydrogen-bond donors (Lipinski definition) is 10. The Labute approximate surface area is 199 Å². The number of thiol groups is 1. The summed E-state index contributed by atoms with van der Waals surface area (Å²) in [5.41, 5.74) is 21.2. The Morgan fingerprint density at radius 3 is 1.82 bits per heavy atom. The topological polar surface area (TPSA) is 295 Å². The Balaban J connectivity index is 5.57. The van der Waals surface area contributed by atoms with Crippen molar-refractivity contribution in [2.24, 2.45) is 27.9 Å². The molecule has 17 heteroatoms. The van der Waals surface area contributed by atoms with Gasteiger partial charge in [0.05, 0.1) is 18.9 Å². The van der Waals surface area contributed by atoms with E-state index in [0.29, 0.717) is 0 Å². The number of aliphatic carboxylic acids is 2. The molecule has 0 aliphatic carbocycles. The fourth-order valence-electron chi connectivity index (χ4n) is 2.46. The summed E-state index contributed by atoms with van der Waals surface area (Å²) in [6.07, 6.45) is -1.47. The Morgan fingerprint density at radius 2 is 1.35 bits per heavy atom. The predicted molar refractivity (Wildman–Crippen MR) is 121 cm³/mol. The number of carboxylic acid groups (broad SMARTS) is 2. The minimum absolute atomic E-state index is 0.00464. The Bertz CT molecular complexity index is 804. The summed E-state index contributed by atoms with van der Waals surface area (Å²) in [5, 5.41) is 24.4. The van der Waals surface area contributed by atoms with Gasteiger partial charge in [-0.05, 0) is 12.8 Å². The molecule has 0 aliphatic heterocycles. The smallest absolute Gasteiger partial charge is 0.326 e. The molecular weight excluding hydrogens is 476 g/mol. The summed E-state index contributed by atoms with van der Waals surface area (Å²) < 4.78 is 0. The summed E-state index contributed by atoms with van der Waals surface area (Å²) in [6.45, 7) is 0.112. The van der Waals surface area contributed by atoms with Crippen LogP contribution in [0.15, 0.2) is 4.99 Å². The molecular formula is C17H30N8O8S. The van der Waals surface area contributed by atoms with E-state index in [1.165, 1.54) is 0 Å². The number of nitrogens with one attached hydrogen (secondary N) is 3. The van der Waals surface area contributed by atoms with Gasteiger partial charge in [-0.15, -0.1) is 0 Å². The summed E-state index contributed by atoms with van der Waals surface area (Å²) in [6, 6.07) is -5.78. The largest absolute Gasteiger partial charge is 0.481 e. The first-order chi connectivity index (χ1) is 15.8. The molecule has 34 heavy (non-hydrogen) atoms. The van der Waals surface area contributed by atoms with Crippen LogP contribution in [0.4, 0.5) is 0 Å². The second kappa shape index (κ2) is 15.3. The lowest BCUT2D eigenvalue weighted by Gasteiger charge is -2.24. The van der Waals surface area contributed by atoms with E-state index in [2.05, 4.69) is 28.3 Å². The van der Waals surface area contributed by atoms with Crippen molar-refractivity contribution in [1.29, 1.82) is 0 Å². The number of carbonyl (C=O) groups is 6. The summed E-state index contributed by atoms with van der Waals surface area (Å²) in [5.74, 6) is -7.20. The van der Waals surface area contributed by atoms with E-state index in [1.54, 1.807) is 0 Å². The average molecular weight is 507 g/mol. The molecule has 192 valence electrons. The second-order valence-corrected chi connectivity index (χ2v) is 7.39. The standard InChI is InChI=1S/C17H30N8O8S/c18-7(6-34)13(29)23-8(2-1-3-22-17(20)21)14(30)24-9(4-11(19)26)15(31)25-10(16(32)33)5-12(27)28/h7-10,34H,1-6,18H2,(H2,19,26)(H,23,29)(H,24,30)(H,25,31)(H,27,28)(H,32,33)(H4,20,21,22). The molecule has 4 amide bonds. The lowest BCUT2D eigenvalue weighted by Crippen LogP contribution is -2.58. The van der Waals surface area contributed by atoms with Crippen LogP contribution in [0.25, 0.3) is 0 Å². The van der Waals surface area contributed by atoms with Crippen molar-refractivity contribution in [3.05, 3.63) is 0 Å². The molecule has 0 aromatic rings. The number of nitrogens with two attached hydrogens (primary N) is 4. The van der Waals surface area contributed by atoms with Crippen LogP contribution >= 0.6 is 12.6 Å². The molecule has 4 atom stereocenters. The number of amides is 4. The van der Waals surface area contributed by atoms with Crippen molar-refractivity contribution in [1.82, 2.24) is 16.0 Å². The maximum absolute atomic E-state index is 12.8. The third-order valence-corrected chi connectivity index (χ3v) is 4.54. The van der Waals surface area contributed by atoms with Crippen molar-refractivity contribution in [3.63, 3.8) is 0 Å². The minimum atomic E-state index is -1.83. The monoisotopic (exact) mass is 506 g/mol. The van der Waals surface area contributed by atoms with Gasteiger partial charge in [0.15, 0.2) is 5.96 Å². The highest BCUT2D eigenvalue weighted by Gasteiger charge is 2.31. The number of guanidine groups is 1. The van der Waals surface area contributed by atoms with Crippen molar-refractivity contribution >= 4 is 54.2 Å². The molecule has 0 fully saturated rings. The van der Waals surface area contributed by atoms with Gasteiger partial charge < -0.3 is 49.1 Å². The number of primary amides is 1. The fraction of sp³-hybridized carbons (Fsp3) is 0.588. The Morgan fingerprint density at radius 1 is 0.824 bits per heavy atom. The van der Waals surface area contributed by atoms with E-state index >= 15 is 0 Å². The highest BCUT2D eigenvalue weighted by atomic mass is 32.1. The maximum Gasteiger partial charge on any atom is 0.326 e. The van der Waals surface area contributed by atoms with Gasteiger partial charge in [-0.3, -0.25) is 29.0 Å². The molecule has 13 N–H and O–H groups in total. The zero-order valence-electron chi connectivity index (χ0n) is 18.1. The van der Waals surface area contributed by atoms with E-state index < -0.39 is 72.6 Å². The van der Waals surface area contributed by atoms with Gasteiger partial charge in [-0.2, -0.15) is 12.6 Å². The van der Waals surface area contributed by atoms with Crippen molar-refractivity contribution in [2.45, 2.75) is 49.9 Å². The molecule has 0 bridgehead atoms. The van der Waals surface area contributed by atoms with Crippen LogP contribution < -0.4 is 38.9 Å². The van der Waals surface area contributed by atoms with E-state index in [1.807, 2.05) is 5.32 Å². The van der Waals surface area contributed by atoms with Crippen LogP contribution in [-0.4, -0.2) is 88.2 Å². The Hall–Kier alpha value is -3.60. The first-order valence-corrected chi connectivity index (χ1v) is 10.5. The zero-order chi connectivity index (χ0) is 26.4. The number of rotatable bonds is 16. The number of nitrogens with zero attached hydrogens (tertiary/aromatic N) is 1. The molecule has 16 nitrogen and oxygen atoms in total. The molecule has 0 aromatic carbocycles. The van der Waals surface area contributed by atoms with Crippen LogP contribution in [0.3, 0.4) is 0 Å². The zero-order valence-corrected chi connectivity index (χ0v) is 19.0. The highest BCUT2D eigenvalue weighted by Crippen LogP contribution is 2.03. The van der Waals surface area contributed by atoms with Gasteiger partial charge in [0.25, 0.3) is 0 Å². The first-order valence-electron chi connectivity index (χ1n) is 9.84. The molecule has 0 rings (SSSR count). The predicted octanol–water partition coefficient (Wildman–Crippen LogP) is -4.81. The van der Waals surface area contributed by atoms with Crippen LogP contribution in [0.1, 0.15) is 25.7 Å². The third-order valence-electron chi connectivity index (χ3n) is 4.14. The van der Waals surface area contributed by atoms with Gasteiger partial charge in [0.2, 0.25) is 23.6 Å². The lowest BCUT2D eigenvalue weighted by atomic mass is 10.1. The van der Waals surface area contributed by atoms with E-state index in [-0.39, 0.29) is 31.1 Å². The molecule has 0 radical (unpaired) electrons. The molecule has 0 spiro atoms. The number of hydrogen-bond acceptors (Lipinski definition) is 9. The molecule has 0 saturated carbocycles. The first kappa shape index (κ1) is 30.4. The van der Waals surface area contributed by atoms with E-state index in [4.69, 9.17) is 33.1 Å². The van der Waals surface area contributed by atoms with Crippen LogP contribution in [-0.2, 0) is 28.8 Å². The summed E-state index contributed by atoms with van der Waals surface area (Å²) in [4.78, 5) is 74.6. The second-order valence-electron chi connectivity index (χ2n) is 7.03. The van der Waals surface area contributed by atoms with Crippen molar-refractivity contribution < 1.29 is 39.0 Å². The SMILES string of the molecule is NC(=O)CC(NC(=O)C(CCCN=C(N)N)NC(=O)C(N)CS)C(=O)NC(CC(=O)O)C(=O)O. The fourth-order valence-corrected chi connectivity index (χ4v) is 2.63. The van der Waals surface area contributed by atoms with Gasteiger partial charge in [-0.1, -0.05) is 0 Å². The molecule has 0 aliphatic rings. The molecule has 0 saturated heterocycles. The van der Waals surface area contributed by atoms with Crippen molar-refractivity contribution in [2.75, 3.05) is 12.3 Å². The Kier molecular flexibility index (Phi) is 13.7. The lowest BCUT2D eigenvalue weighted by molar-refractivity contribution is -0.147. The average Bonchev–Trinajstić information content (AvgIpc) is 2.72. The minimum Gasteiger partial charge on any atom is -0.481 e. The van der Waals surface area contributed by atoms with Gasteiger partial charge >= 0.3 is 11.9 Å². The molecule has 0 aromatic heterocycles. The number of carbonyl (C=O) groups excluding carboxylic acids is 4.